The van der Waals surface area contributed by atoms with Gasteiger partial charge in [0.05, 0.1) is 25.3 Å². The normalized spacial score (nSPS) is 16.0. The lowest BCUT2D eigenvalue weighted by Gasteiger charge is -2.13. The highest BCUT2D eigenvalue weighted by Crippen LogP contribution is 2.27. The van der Waals surface area contributed by atoms with Crippen molar-refractivity contribution in [2.45, 2.75) is 12.5 Å². The number of hydrogen-bond acceptors (Lipinski definition) is 6. The van der Waals surface area contributed by atoms with Gasteiger partial charge < -0.3 is 20.5 Å². The molecular weight excluding hydrogens is 296 g/mol. The summed E-state index contributed by atoms with van der Waals surface area (Å²) in [4.78, 5) is 20.8. The van der Waals surface area contributed by atoms with Gasteiger partial charge in [0.15, 0.2) is 11.5 Å². The zero-order valence-electron chi connectivity index (χ0n) is 12.5. The number of anilines is 2. The Morgan fingerprint density at radius 2 is 2.26 bits per heavy atom. The van der Waals surface area contributed by atoms with Crippen LogP contribution in [0.4, 0.5) is 11.5 Å². The van der Waals surface area contributed by atoms with E-state index in [1.54, 1.807) is 24.5 Å². The van der Waals surface area contributed by atoms with Crippen LogP contribution in [0, 0.1) is 0 Å². The van der Waals surface area contributed by atoms with E-state index in [1.165, 1.54) is 13.3 Å². The molecule has 0 aliphatic carbocycles. The summed E-state index contributed by atoms with van der Waals surface area (Å²) in [6.45, 7) is 0. The number of hydrogen-bond donors (Lipinski definition) is 2. The Bertz CT molecular complexity index is 753. The van der Waals surface area contributed by atoms with Crippen molar-refractivity contribution in [3.05, 3.63) is 54.2 Å². The fourth-order valence-corrected chi connectivity index (χ4v) is 2.24. The molecule has 1 aromatic heterocycles. The number of aromatic nitrogens is 2. The van der Waals surface area contributed by atoms with Gasteiger partial charge in [0, 0.05) is 6.42 Å². The number of rotatable bonds is 4. The van der Waals surface area contributed by atoms with Crippen LogP contribution in [-0.2, 0) is 4.74 Å². The van der Waals surface area contributed by atoms with Gasteiger partial charge in [-0.3, -0.25) is 4.79 Å². The highest BCUT2D eigenvalue weighted by Gasteiger charge is 2.21. The summed E-state index contributed by atoms with van der Waals surface area (Å²) in [5.74, 6) is 0.159. The molecule has 3 N–H and O–H groups in total. The second kappa shape index (κ2) is 6.35. The molecule has 2 aromatic rings. The molecule has 1 amide bonds. The van der Waals surface area contributed by atoms with E-state index in [0.717, 1.165) is 0 Å². The van der Waals surface area contributed by atoms with E-state index in [2.05, 4.69) is 15.3 Å². The van der Waals surface area contributed by atoms with E-state index in [9.17, 15) is 4.79 Å². The molecule has 0 bridgehead atoms. The monoisotopic (exact) mass is 312 g/mol. The smallest absolute Gasteiger partial charge is 0.278 e. The first-order valence-electron chi connectivity index (χ1n) is 7.06. The zero-order valence-corrected chi connectivity index (χ0v) is 12.5. The summed E-state index contributed by atoms with van der Waals surface area (Å²) in [5, 5.41) is 2.73. The van der Waals surface area contributed by atoms with Crippen molar-refractivity contribution in [3.63, 3.8) is 0 Å². The van der Waals surface area contributed by atoms with Gasteiger partial charge in [0.25, 0.3) is 5.91 Å². The Hall–Kier alpha value is -3.09. The first kappa shape index (κ1) is 14.8. The Labute approximate surface area is 133 Å². The molecule has 3 rings (SSSR count). The molecule has 0 fully saturated rings. The second-order valence-corrected chi connectivity index (χ2v) is 4.92. The molecule has 2 heterocycles. The average Bonchev–Trinajstić information content (AvgIpc) is 3.10. The molecule has 1 atom stereocenters. The average molecular weight is 312 g/mol. The van der Waals surface area contributed by atoms with Crippen LogP contribution in [0.25, 0.3) is 0 Å². The van der Waals surface area contributed by atoms with Gasteiger partial charge in [0.1, 0.15) is 17.5 Å². The van der Waals surface area contributed by atoms with Crippen LogP contribution < -0.4 is 15.8 Å². The number of benzene rings is 1. The Morgan fingerprint density at radius 3 is 3.00 bits per heavy atom. The van der Waals surface area contributed by atoms with E-state index < -0.39 is 5.91 Å². The van der Waals surface area contributed by atoms with Crippen molar-refractivity contribution in [1.29, 1.82) is 0 Å². The van der Waals surface area contributed by atoms with E-state index >= 15 is 0 Å². The number of carbonyl (C=O) groups is 1. The van der Waals surface area contributed by atoms with Crippen molar-refractivity contribution in [2.24, 2.45) is 0 Å². The fraction of sp³-hybridized carbons (Fsp3) is 0.188. The maximum Gasteiger partial charge on any atom is 0.278 e. The highest BCUT2D eigenvalue weighted by molar-refractivity contribution is 6.06. The predicted octanol–water partition coefficient (Wildman–Crippen LogP) is 2.29. The van der Waals surface area contributed by atoms with Gasteiger partial charge in [-0.1, -0.05) is 12.1 Å². The number of ether oxygens (including phenoxy) is 2. The number of nitrogens with one attached hydrogen (secondary N) is 1. The Morgan fingerprint density at radius 1 is 1.43 bits per heavy atom. The summed E-state index contributed by atoms with van der Waals surface area (Å²) < 4.78 is 10.6. The van der Waals surface area contributed by atoms with Gasteiger partial charge in [-0.25, -0.2) is 9.97 Å². The standard InChI is InChI=1S/C16H16N4O3/c1-22-12-6-3-2-5-10(12)20-16(21)14-15(17)18-9-11(19-14)13-7-4-8-23-13/h2-6,8-9,13H,7H2,1H3,(H2,17,18)(H,20,21). The molecule has 118 valence electrons. The van der Waals surface area contributed by atoms with Gasteiger partial charge in [-0.05, 0) is 18.2 Å². The van der Waals surface area contributed by atoms with Gasteiger partial charge in [-0.2, -0.15) is 0 Å². The van der Waals surface area contributed by atoms with Crippen molar-refractivity contribution < 1.29 is 14.3 Å². The van der Waals surface area contributed by atoms with Crippen molar-refractivity contribution in [1.82, 2.24) is 9.97 Å². The maximum atomic E-state index is 12.5. The molecule has 1 unspecified atom stereocenters. The molecule has 1 aromatic carbocycles. The number of nitrogens with zero attached hydrogens (tertiary/aromatic N) is 2. The van der Waals surface area contributed by atoms with E-state index in [-0.39, 0.29) is 17.6 Å². The predicted molar refractivity (Wildman–Crippen MR) is 85.0 cm³/mol. The molecule has 1 aliphatic rings. The largest absolute Gasteiger partial charge is 0.495 e. The second-order valence-electron chi connectivity index (χ2n) is 4.92. The van der Waals surface area contributed by atoms with E-state index in [1.807, 2.05) is 12.1 Å². The van der Waals surface area contributed by atoms with Crippen molar-refractivity contribution >= 4 is 17.4 Å². The Balaban J connectivity index is 1.85. The number of nitrogen functional groups attached to an aromatic ring is 1. The van der Waals surface area contributed by atoms with Crippen LogP contribution in [0.5, 0.6) is 5.75 Å². The molecule has 0 saturated carbocycles. The third kappa shape index (κ3) is 3.08. The summed E-state index contributed by atoms with van der Waals surface area (Å²) >= 11 is 0. The molecule has 23 heavy (non-hydrogen) atoms. The van der Waals surface area contributed by atoms with Crippen LogP contribution >= 0.6 is 0 Å². The van der Waals surface area contributed by atoms with E-state index in [4.69, 9.17) is 15.2 Å². The minimum absolute atomic E-state index is 0.0592. The van der Waals surface area contributed by atoms with Crippen LogP contribution in [0.15, 0.2) is 42.8 Å². The molecule has 0 spiro atoms. The number of para-hydroxylation sites is 2. The van der Waals surface area contributed by atoms with Gasteiger partial charge in [0.2, 0.25) is 0 Å². The lowest BCUT2D eigenvalue weighted by atomic mass is 10.2. The number of carbonyl (C=O) groups excluding carboxylic acids is 1. The first-order chi connectivity index (χ1) is 11.2. The summed E-state index contributed by atoms with van der Waals surface area (Å²) in [6.07, 6.45) is 5.47. The fourth-order valence-electron chi connectivity index (χ4n) is 2.24. The first-order valence-corrected chi connectivity index (χ1v) is 7.06. The summed E-state index contributed by atoms with van der Waals surface area (Å²) in [7, 11) is 1.53. The molecule has 1 aliphatic heterocycles. The third-order valence-corrected chi connectivity index (χ3v) is 3.41. The lowest BCUT2D eigenvalue weighted by molar-refractivity contribution is 0.102. The van der Waals surface area contributed by atoms with Crippen molar-refractivity contribution in [3.8, 4) is 5.75 Å². The minimum atomic E-state index is -0.452. The summed E-state index contributed by atoms with van der Waals surface area (Å²) in [6, 6.07) is 7.09. The highest BCUT2D eigenvalue weighted by atomic mass is 16.5. The molecular formula is C16H16N4O3. The number of amides is 1. The van der Waals surface area contributed by atoms with Crippen LogP contribution in [0.3, 0.4) is 0 Å². The van der Waals surface area contributed by atoms with Gasteiger partial charge in [-0.15, -0.1) is 0 Å². The Kier molecular flexibility index (Phi) is 4.09. The number of methoxy groups -OCH3 is 1. The van der Waals surface area contributed by atoms with Gasteiger partial charge >= 0.3 is 0 Å². The number of nitrogens with two attached hydrogens (primary N) is 1. The quantitative estimate of drug-likeness (QED) is 0.898. The third-order valence-electron chi connectivity index (χ3n) is 3.41. The van der Waals surface area contributed by atoms with Crippen LogP contribution in [0.2, 0.25) is 0 Å². The molecule has 0 saturated heterocycles. The van der Waals surface area contributed by atoms with Crippen LogP contribution in [0.1, 0.15) is 28.7 Å². The molecule has 7 heteroatoms. The molecule has 0 radical (unpaired) electrons. The maximum absolute atomic E-state index is 12.5. The lowest BCUT2D eigenvalue weighted by Crippen LogP contribution is -2.19. The van der Waals surface area contributed by atoms with E-state index in [0.29, 0.717) is 23.6 Å². The minimum Gasteiger partial charge on any atom is -0.495 e. The zero-order chi connectivity index (χ0) is 16.2. The topological polar surface area (TPSA) is 99.4 Å². The SMILES string of the molecule is COc1ccccc1NC(=O)c1nc(C2CC=CO2)cnc1N. The van der Waals surface area contributed by atoms with Crippen molar-refractivity contribution in [2.75, 3.05) is 18.2 Å². The van der Waals surface area contributed by atoms with Crippen LogP contribution in [-0.4, -0.2) is 23.0 Å². The molecule has 7 nitrogen and oxygen atoms in total. The summed E-state index contributed by atoms with van der Waals surface area (Å²) in [5.41, 5.74) is 6.95.